The van der Waals surface area contributed by atoms with Gasteiger partial charge in [0.2, 0.25) is 11.8 Å². The molecule has 24 heavy (non-hydrogen) atoms. The molecule has 0 bridgehead atoms. The number of carboxylic acid groups (broad SMARTS) is 1. The van der Waals surface area contributed by atoms with Gasteiger partial charge in [0.15, 0.2) is 6.29 Å². The summed E-state index contributed by atoms with van der Waals surface area (Å²) in [6, 6.07) is 6.22. The minimum Gasteiger partial charge on any atom is -1.00 e. The maximum absolute atomic E-state index is 11.4. The van der Waals surface area contributed by atoms with Crippen LogP contribution in [0.5, 0.6) is 5.75 Å². The number of nitrogens with zero attached hydrogens (tertiary/aromatic N) is 1. The fourth-order valence-electron chi connectivity index (χ4n) is 2.85. The molecule has 6 N–H and O–H groups in total. The number of aromatic hydroxyl groups is 1. The number of carbonyl (C=O) groups is 1. The third kappa shape index (κ3) is 2.63. The van der Waals surface area contributed by atoms with Crippen molar-refractivity contribution in [3.05, 3.63) is 30.5 Å². The summed E-state index contributed by atoms with van der Waals surface area (Å²) in [5.74, 6) is -1.92. The molecule has 126 valence electrons. The molecule has 2 heterocycles. The Morgan fingerprint density at radius 2 is 1.88 bits per heavy atom. The number of aliphatic hydroxyl groups excluding tert-OH is 3. The van der Waals surface area contributed by atoms with Crippen molar-refractivity contribution in [2.45, 2.75) is 30.3 Å². The van der Waals surface area contributed by atoms with Crippen LogP contribution in [0.2, 0.25) is 0 Å². The van der Waals surface area contributed by atoms with Crippen LogP contribution in [0.25, 0.3) is 10.9 Å². The van der Waals surface area contributed by atoms with Gasteiger partial charge in [-0.1, -0.05) is 12.1 Å². The molecule has 2 aromatic rings. The molecule has 5 atom stereocenters. The van der Waals surface area contributed by atoms with Crippen LogP contribution in [0.4, 0.5) is 0 Å². The zero-order valence-corrected chi connectivity index (χ0v) is 14.6. The first kappa shape index (κ1) is 19.2. The molecule has 3 rings (SSSR count). The van der Waals surface area contributed by atoms with Gasteiger partial charge < -0.3 is 41.4 Å². The van der Waals surface area contributed by atoms with Crippen molar-refractivity contribution >= 4 is 16.9 Å². The van der Waals surface area contributed by atoms with Crippen molar-refractivity contribution in [2.24, 2.45) is 0 Å². The Morgan fingerprint density at radius 1 is 1.25 bits per heavy atom. The Hall–Kier alpha value is -1.17. The van der Waals surface area contributed by atoms with Gasteiger partial charge >= 0.3 is 35.5 Å². The van der Waals surface area contributed by atoms with Crippen LogP contribution in [-0.4, -0.2) is 65.8 Å². The number of carboxylic acids is 1. The van der Waals surface area contributed by atoms with Crippen molar-refractivity contribution in [1.82, 2.24) is 4.57 Å². The molecule has 0 unspecified atom stereocenters. The molecule has 0 aliphatic carbocycles. The van der Waals surface area contributed by atoms with Crippen molar-refractivity contribution in [1.29, 1.82) is 0 Å². The van der Waals surface area contributed by atoms with Gasteiger partial charge in [-0.05, 0) is 12.1 Å². The Kier molecular flexibility index (Phi) is 5.28. The summed E-state index contributed by atoms with van der Waals surface area (Å²) in [5.41, 5.74) is -2.43. The SMILES string of the molecule is O=C(O)[C@H]1O[C@@H](O)[C@H](O)[C@@H](O)[C@@]1(O)n1cc(O)c2ccccc21.[H-].[Na+]. The van der Waals surface area contributed by atoms with Crippen molar-refractivity contribution < 1.29 is 71.2 Å². The number of fused-ring (bicyclic) bond motifs is 1. The van der Waals surface area contributed by atoms with Crippen LogP contribution >= 0.6 is 0 Å². The first-order chi connectivity index (χ1) is 10.8. The van der Waals surface area contributed by atoms with Crippen LogP contribution in [0.3, 0.4) is 0 Å². The van der Waals surface area contributed by atoms with Crippen LogP contribution in [0.1, 0.15) is 1.43 Å². The van der Waals surface area contributed by atoms with Gasteiger partial charge in [-0.15, -0.1) is 0 Å². The fourth-order valence-corrected chi connectivity index (χ4v) is 2.85. The molecule has 0 radical (unpaired) electrons. The fraction of sp³-hybridized carbons (Fsp3) is 0.357. The van der Waals surface area contributed by atoms with Gasteiger partial charge in [-0.3, -0.25) is 0 Å². The first-order valence-corrected chi connectivity index (χ1v) is 6.73. The third-order valence-corrected chi connectivity index (χ3v) is 4.01. The van der Waals surface area contributed by atoms with Crippen LogP contribution < -0.4 is 29.6 Å². The molecule has 0 spiro atoms. The van der Waals surface area contributed by atoms with Gasteiger partial charge in [0.1, 0.15) is 18.0 Å². The second-order valence-electron chi connectivity index (χ2n) is 5.36. The zero-order valence-electron chi connectivity index (χ0n) is 13.6. The molecule has 0 saturated carbocycles. The van der Waals surface area contributed by atoms with E-state index in [1.165, 1.54) is 12.1 Å². The number of rotatable bonds is 2. The van der Waals surface area contributed by atoms with Gasteiger partial charge in [0.25, 0.3) is 0 Å². The number of hydrogen-bond donors (Lipinski definition) is 6. The summed E-state index contributed by atoms with van der Waals surface area (Å²) < 4.78 is 5.67. The standard InChI is InChI=1S/C14H15NO8.Na.H/c16-8-5-15(7-4-2-1-3-6(7)8)14(22)10(18)9(17)13(21)23-11(14)12(19)20;;/h1-5,9-11,13,16-18,21-22H,(H,19,20);;/q;+1;-1/t9-,10-,11-,13-,14+;;/m1../s1. The number of aliphatic hydroxyl groups is 4. The molecular weight excluding hydrogens is 333 g/mol. The summed E-state index contributed by atoms with van der Waals surface area (Å²) in [4.78, 5) is 11.4. The van der Waals surface area contributed by atoms with Gasteiger partial charge in [-0.2, -0.15) is 0 Å². The molecule has 0 amide bonds. The number of hydrogen-bond acceptors (Lipinski definition) is 7. The molecule has 1 aromatic heterocycles. The molecule has 1 fully saturated rings. The Bertz CT molecular complexity index is 770. The minimum absolute atomic E-state index is 0. The van der Waals surface area contributed by atoms with Gasteiger partial charge in [-0.25, -0.2) is 4.79 Å². The summed E-state index contributed by atoms with van der Waals surface area (Å²) in [5, 5.41) is 59.9. The number of ether oxygens (including phenoxy) is 1. The van der Waals surface area contributed by atoms with Crippen molar-refractivity contribution in [3.63, 3.8) is 0 Å². The average Bonchev–Trinajstić information content (AvgIpc) is 2.86. The molecule has 9 nitrogen and oxygen atoms in total. The monoisotopic (exact) mass is 349 g/mol. The molecule has 10 heteroatoms. The maximum Gasteiger partial charge on any atom is 1.00 e. The van der Waals surface area contributed by atoms with E-state index in [4.69, 9.17) is 4.74 Å². The second kappa shape index (κ2) is 6.62. The number of benzene rings is 1. The smallest absolute Gasteiger partial charge is 1.00 e. The summed E-state index contributed by atoms with van der Waals surface area (Å²) in [6.45, 7) is 0. The number of para-hydroxylation sites is 1. The molecule has 1 aromatic carbocycles. The van der Waals surface area contributed by atoms with Crippen molar-refractivity contribution in [2.75, 3.05) is 0 Å². The molecular formula is C14H16NNaO8. The Balaban J connectivity index is 0.00000156. The van der Waals surface area contributed by atoms with E-state index in [1.807, 2.05) is 0 Å². The zero-order chi connectivity index (χ0) is 16.9. The van der Waals surface area contributed by atoms with Crippen molar-refractivity contribution in [3.8, 4) is 5.75 Å². The van der Waals surface area contributed by atoms with E-state index >= 15 is 0 Å². The summed E-state index contributed by atoms with van der Waals surface area (Å²) >= 11 is 0. The normalized spacial score (nSPS) is 33.2. The summed E-state index contributed by atoms with van der Waals surface area (Å²) in [6.07, 6.45) is -7.06. The van der Waals surface area contributed by atoms with E-state index in [0.717, 1.165) is 10.8 Å². The van der Waals surface area contributed by atoms with E-state index in [1.54, 1.807) is 12.1 Å². The average molecular weight is 349 g/mol. The molecule has 1 aliphatic heterocycles. The van der Waals surface area contributed by atoms with Gasteiger partial charge in [0, 0.05) is 11.6 Å². The maximum atomic E-state index is 11.4. The van der Waals surface area contributed by atoms with E-state index in [-0.39, 0.29) is 42.3 Å². The van der Waals surface area contributed by atoms with E-state index in [9.17, 15) is 35.4 Å². The van der Waals surface area contributed by atoms with E-state index in [0.29, 0.717) is 5.39 Å². The van der Waals surface area contributed by atoms with Gasteiger partial charge in [0.05, 0.1) is 5.52 Å². The molecule has 1 saturated heterocycles. The van der Waals surface area contributed by atoms with Crippen LogP contribution in [0.15, 0.2) is 30.5 Å². The van der Waals surface area contributed by atoms with E-state index < -0.39 is 36.3 Å². The van der Waals surface area contributed by atoms with E-state index in [2.05, 4.69) is 0 Å². The number of aromatic nitrogens is 1. The topological polar surface area (TPSA) is 153 Å². The number of aliphatic carboxylic acids is 1. The largest absolute Gasteiger partial charge is 1.00 e. The third-order valence-electron chi connectivity index (χ3n) is 4.01. The molecule has 1 aliphatic rings. The Morgan fingerprint density at radius 3 is 2.50 bits per heavy atom. The quantitative estimate of drug-likeness (QED) is 0.297. The predicted molar refractivity (Wildman–Crippen MR) is 75.4 cm³/mol. The second-order valence-corrected chi connectivity index (χ2v) is 5.36. The predicted octanol–water partition coefficient (Wildman–Crippen LogP) is -4.37. The first-order valence-electron chi connectivity index (χ1n) is 6.73. The van der Waals surface area contributed by atoms with Crippen LogP contribution in [0, 0.1) is 0 Å². The van der Waals surface area contributed by atoms with Crippen LogP contribution in [-0.2, 0) is 15.3 Å². The Labute approximate surface area is 159 Å². The summed E-state index contributed by atoms with van der Waals surface area (Å²) in [7, 11) is 0. The minimum atomic E-state index is -2.65.